The molecule has 1 aromatic carbocycles. The average Bonchev–Trinajstić information content (AvgIpc) is 2.80. The second-order valence-corrected chi connectivity index (χ2v) is 4.56. The third-order valence-corrected chi connectivity index (χ3v) is 3.44. The van der Waals surface area contributed by atoms with Crippen molar-refractivity contribution in [3.05, 3.63) is 35.9 Å². The van der Waals surface area contributed by atoms with E-state index >= 15 is 0 Å². The van der Waals surface area contributed by atoms with Gasteiger partial charge in [-0.1, -0.05) is 35.5 Å². The maximum atomic E-state index is 12.0. The quantitative estimate of drug-likeness (QED) is 0.364. The Hall–Kier alpha value is -2.04. The van der Waals surface area contributed by atoms with Gasteiger partial charge in [-0.2, -0.15) is 0 Å². The summed E-state index contributed by atoms with van der Waals surface area (Å²) in [6.07, 6.45) is 0.479. The number of rotatable bonds is 3. The van der Waals surface area contributed by atoms with Crippen molar-refractivity contribution in [2.24, 2.45) is 10.9 Å². The standard InChI is InChI=1S/C13H17N3O2/c1-9(13(14)15-18)16-8-11(7-12(16)17)10-5-3-2-4-6-10/h2-6,9,11,18H,7-8H2,1H3,(H2,14,15)/t9-,11-/m1/s1. The molecule has 1 aliphatic rings. The van der Waals surface area contributed by atoms with E-state index in [4.69, 9.17) is 10.9 Å². The summed E-state index contributed by atoms with van der Waals surface area (Å²) in [5.41, 5.74) is 6.70. The number of nitrogens with zero attached hydrogens (tertiary/aromatic N) is 2. The third-order valence-electron chi connectivity index (χ3n) is 3.44. The molecule has 5 nitrogen and oxygen atoms in total. The van der Waals surface area contributed by atoms with Crippen LogP contribution >= 0.6 is 0 Å². The van der Waals surface area contributed by atoms with Gasteiger partial charge in [0.05, 0.1) is 6.04 Å². The maximum Gasteiger partial charge on any atom is 0.223 e. The van der Waals surface area contributed by atoms with Gasteiger partial charge in [0.1, 0.15) is 0 Å². The summed E-state index contributed by atoms with van der Waals surface area (Å²) in [6.45, 7) is 2.38. The first-order valence-corrected chi connectivity index (χ1v) is 5.95. The highest BCUT2D eigenvalue weighted by atomic mass is 16.4. The van der Waals surface area contributed by atoms with E-state index in [9.17, 15) is 4.79 Å². The van der Waals surface area contributed by atoms with Gasteiger partial charge < -0.3 is 15.8 Å². The number of likely N-dealkylation sites (tertiary alicyclic amines) is 1. The summed E-state index contributed by atoms with van der Waals surface area (Å²) >= 11 is 0. The molecule has 1 aromatic rings. The van der Waals surface area contributed by atoms with Gasteiger partial charge in [0.25, 0.3) is 0 Å². The van der Waals surface area contributed by atoms with Gasteiger partial charge in [-0.15, -0.1) is 0 Å². The highest BCUT2D eigenvalue weighted by molar-refractivity contribution is 5.90. The molecule has 3 N–H and O–H groups in total. The highest BCUT2D eigenvalue weighted by Gasteiger charge is 2.34. The van der Waals surface area contributed by atoms with Crippen LogP contribution in [0.5, 0.6) is 0 Å². The molecule has 1 fully saturated rings. The first-order valence-electron chi connectivity index (χ1n) is 5.95. The lowest BCUT2D eigenvalue weighted by Crippen LogP contribution is -2.43. The fourth-order valence-corrected chi connectivity index (χ4v) is 2.30. The van der Waals surface area contributed by atoms with Crippen molar-refractivity contribution < 1.29 is 10.0 Å². The Bertz CT molecular complexity index is 459. The Kier molecular flexibility index (Phi) is 3.50. The molecular weight excluding hydrogens is 230 g/mol. The monoisotopic (exact) mass is 247 g/mol. The van der Waals surface area contributed by atoms with E-state index in [0.29, 0.717) is 13.0 Å². The zero-order valence-electron chi connectivity index (χ0n) is 10.3. The normalized spacial score (nSPS) is 22.3. The SMILES string of the molecule is C[C@H](/C(N)=N\O)N1C[C@H](c2ccccc2)CC1=O. The molecule has 1 heterocycles. The molecule has 0 aliphatic carbocycles. The first kappa shape index (κ1) is 12.4. The van der Waals surface area contributed by atoms with Crippen molar-refractivity contribution in [1.82, 2.24) is 4.90 Å². The van der Waals surface area contributed by atoms with E-state index in [1.54, 1.807) is 11.8 Å². The molecule has 2 atom stereocenters. The van der Waals surface area contributed by atoms with Gasteiger partial charge in [-0.3, -0.25) is 4.79 Å². The largest absolute Gasteiger partial charge is 0.409 e. The smallest absolute Gasteiger partial charge is 0.223 e. The molecule has 2 rings (SSSR count). The van der Waals surface area contributed by atoms with Gasteiger partial charge >= 0.3 is 0 Å². The number of amidine groups is 1. The summed E-state index contributed by atoms with van der Waals surface area (Å²) in [7, 11) is 0. The molecule has 5 heteroatoms. The van der Waals surface area contributed by atoms with Crippen LogP contribution in [0.2, 0.25) is 0 Å². The summed E-state index contributed by atoms with van der Waals surface area (Å²) in [6, 6.07) is 9.57. The minimum atomic E-state index is -0.365. The molecule has 18 heavy (non-hydrogen) atoms. The Morgan fingerprint density at radius 1 is 1.50 bits per heavy atom. The molecule has 96 valence electrons. The first-order chi connectivity index (χ1) is 8.63. The van der Waals surface area contributed by atoms with Gasteiger partial charge in [0.15, 0.2) is 5.84 Å². The van der Waals surface area contributed by atoms with E-state index in [-0.39, 0.29) is 23.7 Å². The lowest BCUT2D eigenvalue weighted by atomic mass is 9.98. The van der Waals surface area contributed by atoms with Gasteiger partial charge in [0, 0.05) is 18.9 Å². The number of oxime groups is 1. The molecule has 1 saturated heterocycles. The number of hydrogen-bond donors (Lipinski definition) is 2. The van der Waals surface area contributed by atoms with E-state index in [0.717, 1.165) is 5.56 Å². The van der Waals surface area contributed by atoms with Gasteiger partial charge in [-0.05, 0) is 12.5 Å². The summed E-state index contributed by atoms with van der Waals surface area (Å²) in [4.78, 5) is 13.6. The Morgan fingerprint density at radius 2 is 2.17 bits per heavy atom. The fourth-order valence-electron chi connectivity index (χ4n) is 2.30. The van der Waals surface area contributed by atoms with E-state index < -0.39 is 0 Å². The summed E-state index contributed by atoms with van der Waals surface area (Å²) in [5, 5.41) is 11.6. The zero-order valence-corrected chi connectivity index (χ0v) is 10.3. The molecular formula is C13H17N3O2. The summed E-state index contributed by atoms with van der Waals surface area (Å²) in [5.74, 6) is 0.299. The maximum absolute atomic E-state index is 12.0. The predicted molar refractivity (Wildman–Crippen MR) is 68.4 cm³/mol. The average molecular weight is 247 g/mol. The number of nitrogens with two attached hydrogens (primary N) is 1. The number of carbonyl (C=O) groups excluding carboxylic acids is 1. The Balaban J connectivity index is 2.12. The zero-order chi connectivity index (χ0) is 13.1. The van der Waals surface area contributed by atoms with Crippen LogP contribution < -0.4 is 5.73 Å². The predicted octanol–water partition coefficient (Wildman–Crippen LogP) is 1.14. The van der Waals surface area contributed by atoms with E-state index in [1.165, 1.54) is 0 Å². The Morgan fingerprint density at radius 3 is 2.78 bits per heavy atom. The number of benzene rings is 1. The number of carbonyl (C=O) groups is 1. The molecule has 1 amide bonds. The minimum Gasteiger partial charge on any atom is -0.409 e. The van der Waals surface area contributed by atoms with Crippen molar-refractivity contribution in [2.75, 3.05) is 6.54 Å². The van der Waals surface area contributed by atoms with Crippen molar-refractivity contribution in [2.45, 2.75) is 25.3 Å². The lowest BCUT2D eigenvalue weighted by Gasteiger charge is -2.23. The molecule has 0 bridgehead atoms. The van der Waals surface area contributed by atoms with Crippen LogP contribution in [0.1, 0.15) is 24.8 Å². The molecule has 0 spiro atoms. The van der Waals surface area contributed by atoms with Crippen molar-refractivity contribution >= 4 is 11.7 Å². The molecule has 1 aliphatic heterocycles. The van der Waals surface area contributed by atoms with Crippen LogP contribution in [0.3, 0.4) is 0 Å². The lowest BCUT2D eigenvalue weighted by molar-refractivity contribution is -0.128. The molecule has 0 radical (unpaired) electrons. The van der Waals surface area contributed by atoms with Crippen molar-refractivity contribution in [1.29, 1.82) is 0 Å². The van der Waals surface area contributed by atoms with Crippen LogP contribution in [0, 0.1) is 0 Å². The van der Waals surface area contributed by atoms with Gasteiger partial charge in [-0.25, -0.2) is 0 Å². The third kappa shape index (κ3) is 2.30. The highest BCUT2D eigenvalue weighted by Crippen LogP contribution is 2.29. The second-order valence-electron chi connectivity index (χ2n) is 4.56. The Labute approximate surface area is 106 Å². The van der Waals surface area contributed by atoms with Crippen LogP contribution in [0.4, 0.5) is 0 Å². The van der Waals surface area contributed by atoms with E-state index in [1.807, 2.05) is 30.3 Å². The second kappa shape index (κ2) is 5.08. The van der Waals surface area contributed by atoms with Crippen molar-refractivity contribution in [3.63, 3.8) is 0 Å². The van der Waals surface area contributed by atoms with E-state index in [2.05, 4.69) is 5.16 Å². The fraction of sp³-hybridized carbons (Fsp3) is 0.385. The van der Waals surface area contributed by atoms with Crippen LogP contribution in [0.25, 0.3) is 0 Å². The molecule has 0 saturated carbocycles. The van der Waals surface area contributed by atoms with Crippen LogP contribution in [0.15, 0.2) is 35.5 Å². The van der Waals surface area contributed by atoms with Gasteiger partial charge in [0.2, 0.25) is 5.91 Å². The van der Waals surface area contributed by atoms with Crippen molar-refractivity contribution in [3.8, 4) is 0 Å². The number of hydrogen-bond acceptors (Lipinski definition) is 3. The topological polar surface area (TPSA) is 78.9 Å². The molecule has 0 unspecified atom stereocenters. The number of amides is 1. The summed E-state index contributed by atoms with van der Waals surface area (Å²) < 4.78 is 0. The van der Waals surface area contributed by atoms with Crippen LogP contribution in [-0.2, 0) is 4.79 Å². The minimum absolute atomic E-state index is 0.0444. The molecule has 0 aromatic heterocycles. The van der Waals surface area contributed by atoms with Crippen LogP contribution in [-0.4, -0.2) is 34.4 Å².